The fourth-order valence-electron chi connectivity index (χ4n) is 2.21. The van der Waals surface area contributed by atoms with Crippen molar-refractivity contribution in [3.63, 3.8) is 0 Å². The summed E-state index contributed by atoms with van der Waals surface area (Å²) in [5, 5.41) is 0. The summed E-state index contributed by atoms with van der Waals surface area (Å²) in [7, 11) is 0. The third-order valence-electron chi connectivity index (χ3n) is 3.33. The zero-order chi connectivity index (χ0) is 15.6. The zero-order valence-electron chi connectivity index (χ0n) is 13.6. The van der Waals surface area contributed by atoms with Gasteiger partial charge in [-0.2, -0.15) is 0 Å². The second kappa shape index (κ2) is 9.26. The van der Waals surface area contributed by atoms with Crippen molar-refractivity contribution in [1.82, 2.24) is 0 Å². The van der Waals surface area contributed by atoms with E-state index in [0.29, 0.717) is 12.5 Å². The fraction of sp³-hybridized carbons (Fsp3) is 0.400. The van der Waals surface area contributed by atoms with Crippen molar-refractivity contribution in [1.29, 1.82) is 0 Å². The maximum Gasteiger partial charge on any atom is 0.119 e. The molecule has 0 heterocycles. The van der Waals surface area contributed by atoms with Crippen LogP contribution in [0.1, 0.15) is 31.4 Å². The Labute approximate surface area is 134 Å². The van der Waals surface area contributed by atoms with Crippen LogP contribution in [-0.4, -0.2) is 19.8 Å². The van der Waals surface area contributed by atoms with Crippen molar-refractivity contribution in [3.05, 3.63) is 65.7 Å². The topological polar surface area (TPSA) is 18.5 Å². The van der Waals surface area contributed by atoms with Gasteiger partial charge in [0.25, 0.3) is 0 Å². The lowest BCUT2D eigenvalue weighted by Crippen LogP contribution is -2.06. The molecule has 2 rings (SSSR count). The molecule has 0 bridgehead atoms. The first kappa shape index (κ1) is 16.6. The molecule has 0 N–H and O–H groups in total. The molecule has 0 aliphatic carbocycles. The van der Waals surface area contributed by atoms with Crippen LogP contribution >= 0.6 is 0 Å². The van der Waals surface area contributed by atoms with E-state index in [1.54, 1.807) is 0 Å². The maximum absolute atomic E-state index is 5.74. The Morgan fingerprint density at radius 2 is 1.50 bits per heavy atom. The van der Waals surface area contributed by atoms with Crippen LogP contribution in [0.3, 0.4) is 0 Å². The van der Waals surface area contributed by atoms with E-state index in [2.05, 4.69) is 50.2 Å². The SMILES string of the molecule is CC(C)COCCCOc1ccc(Cc2ccccc2)cc1. The summed E-state index contributed by atoms with van der Waals surface area (Å²) < 4.78 is 11.3. The average molecular weight is 298 g/mol. The van der Waals surface area contributed by atoms with Crippen LogP contribution in [-0.2, 0) is 11.2 Å². The summed E-state index contributed by atoms with van der Waals surface area (Å²) >= 11 is 0. The third kappa shape index (κ3) is 6.31. The van der Waals surface area contributed by atoms with Gasteiger partial charge in [0.2, 0.25) is 0 Å². The molecule has 0 amide bonds. The van der Waals surface area contributed by atoms with E-state index in [4.69, 9.17) is 9.47 Å². The molecule has 0 saturated carbocycles. The Bertz CT molecular complexity index is 517. The first-order valence-corrected chi connectivity index (χ1v) is 8.07. The third-order valence-corrected chi connectivity index (χ3v) is 3.33. The molecule has 2 nitrogen and oxygen atoms in total. The molecule has 0 aliphatic rings. The predicted molar refractivity (Wildman–Crippen MR) is 91.5 cm³/mol. The second-order valence-electron chi connectivity index (χ2n) is 5.98. The summed E-state index contributed by atoms with van der Waals surface area (Å²) in [5.74, 6) is 1.53. The van der Waals surface area contributed by atoms with Crippen LogP contribution < -0.4 is 4.74 Å². The van der Waals surface area contributed by atoms with Crippen LogP contribution in [0.25, 0.3) is 0 Å². The normalized spacial score (nSPS) is 10.9. The van der Waals surface area contributed by atoms with Crippen LogP contribution in [0.4, 0.5) is 0 Å². The number of hydrogen-bond donors (Lipinski definition) is 0. The van der Waals surface area contributed by atoms with Gasteiger partial charge in [-0.05, 0) is 35.6 Å². The molecular formula is C20H26O2. The summed E-state index contributed by atoms with van der Waals surface area (Å²) in [6.45, 7) is 6.62. The minimum Gasteiger partial charge on any atom is -0.494 e. The summed E-state index contributed by atoms with van der Waals surface area (Å²) in [5.41, 5.74) is 2.64. The van der Waals surface area contributed by atoms with Gasteiger partial charge in [0.1, 0.15) is 5.75 Å². The molecule has 2 aromatic carbocycles. The largest absolute Gasteiger partial charge is 0.494 e. The lowest BCUT2D eigenvalue weighted by atomic mass is 10.1. The molecule has 0 saturated heterocycles. The van der Waals surface area contributed by atoms with Gasteiger partial charge >= 0.3 is 0 Å². The van der Waals surface area contributed by atoms with Gasteiger partial charge in [-0.3, -0.25) is 0 Å². The van der Waals surface area contributed by atoms with Gasteiger partial charge < -0.3 is 9.47 Å². The molecule has 0 unspecified atom stereocenters. The minimum absolute atomic E-state index is 0.595. The molecule has 0 spiro atoms. The lowest BCUT2D eigenvalue weighted by molar-refractivity contribution is 0.0981. The van der Waals surface area contributed by atoms with Gasteiger partial charge in [-0.15, -0.1) is 0 Å². The molecule has 0 fully saturated rings. The van der Waals surface area contributed by atoms with E-state index >= 15 is 0 Å². The molecule has 2 heteroatoms. The number of hydrogen-bond acceptors (Lipinski definition) is 2. The van der Waals surface area contributed by atoms with E-state index in [1.165, 1.54) is 11.1 Å². The standard InChI is InChI=1S/C20H26O2/c1-17(2)16-21-13-6-14-22-20-11-9-19(10-12-20)15-18-7-4-3-5-8-18/h3-5,7-12,17H,6,13-16H2,1-2H3. The predicted octanol–water partition coefficient (Wildman–Crippen LogP) is 4.72. The summed E-state index contributed by atoms with van der Waals surface area (Å²) in [6, 6.07) is 18.9. The Balaban J connectivity index is 1.68. The highest BCUT2D eigenvalue weighted by Gasteiger charge is 1.98. The highest BCUT2D eigenvalue weighted by atomic mass is 16.5. The van der Waals surface area contributed by atoms with E-state index < -0.39 is 0 Å². The molecule has 0 aromatic heterocycles. The fourth-order valence-corrected chi connectivity index (χ4v) is 2.21. The molecular weight excluding hydrogens is 272 g/mol. The van der Waals surface area contributed by atoms with Gasteiger partial charge in [0, 0.05) is 19.6 Å². The van der Waals surface area contributed by atoms with Gasteiger partial charge in [-0.1, -0.05) is 56.3 Å². The second-order valence-corrected chi connectivity index (χ2v) is 5.98. The van der Waals surface area contributed by atoms with Gasteiger partial charge in [0.15, 0.2) is 0 Å². The Morgan fingerprint density at radius 1 is 0.818 bits per heavy atom. The molecule has 0 aliphatic heterocycles. The molecule has 118 valence electrons. The van der Waals surface area contributed by atoms with Crippen molar-refractivity contribution < 1.29 is 9.47 Å². The highest BCUT2D eigenvalue weighted by molar-refractivity contribution is 5.31. The summed E-state index contributed by atoms with van der Waals surface area (Å²) in [4.78, 5) is 0. The minimum atomic E-state index is 0.595. The number of rotatable bonds is 9. The summed E-state index contributed by atoms with van der Waals surface area (Å²) in [6.07, 6.45) is 1.89. The highest BCUT2D eigenvalue weighted by Crippen LogP contribution is 2.15. The van der Waals surface area contributed by atoms with Gasteiger partial charge in [-0.25, -0.2) is 0 Å². The first-order chi connectivity index (χ1) is 10.7. The van der Waals surface area contributed by atoms with E-state index in [-0.39, 0.29) is 0 Å². The van der Waals surface area contributed by atoms with Crippen molar-refractivity contribution >= 4 is 0 Å². The van der Waals surface area contributed by atoms with E-state index in [9.17, 15) is 0 Å². The number of benzene rings is 2. The van der Waals surface area contributed by atoms with Crippen molar-refractivity contribution in [2.24, 2.45) is 5.92 Å². The maximum atomic E-state index is 5.74. The molecule has 2 aromatic rings. The zero-order valence-corrected chi connectivity index (χ0v) is 13.6. The average Bonchev–Trinajstić information content (AvgIpc) is 2.53. The van der Waals surface area contributed by atoms with Crippen LogP contribution in [0, 0.1) is 5.92 Å². The molecule has 0 radical (unpaired) electrons. The van der Waals surface area contributed by atoms with Gasteiger partial charge in [0.05, 0.1) is 6.61 Å². The monoisotopic (exact) mass is 298 g/mol. The van der Waals surface area contributed by atoms with Crippen molar-refractivity contribution in [2.45, 2.75) is 26.7 Å². The van der Waals surface area contributed by atoms with E-state index in [1.807, 2.05) is 18.2 Å². The van der Waals surface area contributed by atoms with E-state index in [0.717, 1.165) is 31.8 Å². The Hall–Kier alpha value is -1.80. The van der Waals surface area contributed by atoms with Crippen molar-refractivity contribution in [3.8, 4) is 5.75 Å². The first-order valence-electron chi connectivity index (χ1n) is 8.07. The van der Waals surface area contributed by atoms with Crippen LogP contribution in [0.2, 0.25) is 0 Å². The molecule has 22 heavy (non-hydrogen) atoms. The Kier molecular flexibility index (Phi) is 6.98. The lowest BCUT2D eigenvalue weighted by Gasteiger charge is -2.09. The number of ether oxygens (including phenoxy) is 2. The Morgan fingerprint density at radius 3 is 2.18 bits per heavy atom. The quantitative estimate of drug-likeness (QED) is 0.624. The van der Waals surface area contributed by atoms with Crippen molar-refractivity contribution in [2.75, 3.05) is 19.8 Å². The van der Waals surface area contributed by atoms with Crippen LogP contribution in [0.15, 0.2) is 54.6 Å². The molecule has 0 atom stereocenters. The smallest absolute Gasteiger partial charge is 0.119 e. The van der Waals surface area contributed by atoms with Crippen LogP contribution in [0.5, 0.6) is 5.75 Å².